The standard InChI is InChI=1S/C22H25NO/c1-3-21(18-11-6-5-7-12-18)23-16-20-19-13-9-8-10-17(19)14-15-22(20)24-4-2/h5-15,21,23H,3-4,16H2,1-2H3. The zero-order chi connectivity index (χ0) is 16.8. The third kappa shape index (κ3) is 3.60. The third-order valence-electron chi connectivity index (χ3n) is 4.43. The molecular weight excluding hydrogens is 294 g/mol. The van der Waals surface area contributed by atoms with Crippen molar-refractivity contribution in [2.45, 2.75) is 32.9 Å². The van der Waals surface area contributed by atoms with E-state index in [1.807, 2.05) is 6.92 Å². The van der Waals surface area contributed by atoms with Gasteiger partial charge >= 0.3 is 0 Å². The highest BCUT2D eigenvalue weighted by molar-refractivity contribution is 5.87. The van der Waals surface area contributed by atoms with Crippen molar-refractivity contribution in [1.29, 1.82) is 0 Å². The third-order valence-corrected chi connectivity index (χ3v) is 4.43. The van der Waals surface area contributed by atoms with Gasteiger partial charge in [0, 0.05) is 18.2 Å². The molecule has 0 amide bonds. The summed E-state index contributed by atoms with van der Waals surface area (Å²) in [5.74, 6) is 0.978. The molecule has 0 heterocycles. The Balaban J connectivity index is 1.89. The summed E-state index contributed by atoms with van der Waals surface area (Å²) < 4.78 is 5.88. The van der Waals surface area contributed by atoms with Crippen molar-refractivity contribution in [2.75, 3.05) is 6.61 Å². The van der Waals surface area contributed by atoms with Crippen molar-refractivity contribution in [3.8, 4) is 5.75 Å². The van der Waals surface area contributed by atoms with Gasteiger partial charge in [-0.2, -0.15) is 0 Å². The molecule has 0 radical (unpaired) electrons. The first kappa shape index (κ1) is 16.5. The zero-order valence-corrected chi connectivity index (χ0v) is 14.5. The maximum atomic E-state index is 5.88. The molecule has 0 aliphatic carbocycles. The van der Waals surface area contributed by atoms with Gasteiger partial charge < -0.3 is 10.1 Å². The lowest BCUT2D eigenvalue weighted by molar-refractivity contribution is 0.335. The fraction of sp³-hybridized carbons (Fsp3) is 0.273. The highest BCUT2D eigenvalue weighted by atomic mass is 16.5. The minimum absolute atomic E-state index is 0.347. The normalized spacial score (nSPS) is 12.2. The van der Waals surface area contributed by atoms with Gasteiger partial charge in [-0.15, -0.1) is 0 Å². The first-order valence-corrected chi connectivity index (χ1v) is 8.75. The molecule has 1 N–H and O–H groups in total. The molecule has 124 valence electrons. The van der Waals surface area contributed by atoms with Gasteiger partial charge in [-0.3, -0.25) is 0 Å². The van der Waals surface area contributed by atoms with Crippen LogP contribution in [0.5, 0.6) is 5.75 Å². The van der Waals surface area contributed by atoms with E-state index >= 15 is 0 Å². The van der Waals surface area contributed by atoms with Crippen LogP contribution >= 0.6 is 0 Å². The molecule has 0 aliphatic rings. The monoisotopic (exact) mass is 319 g/mol. The van der Waals surface area contributed by atoms with Crippen LogP contribution in [-0.4, -0.2) is 6.61 Å². The van der Waals surface area contributed by atoms with E-state index in [-0.39, 0.29) is 0 Å². The molecule has 0 fully saturated rings. The van der Waals surface area contributed by atoms with Crippen molar-refractivity contribution < 1.29 is 4.74 Å². The van der Waals surface area contributed by atoms with Crippen molar-refractivity contribution in [3.05, 3.63) is 77.9 Å². The number of hydrogen-bond donors (Lipinski definition) is 1. The van der Waals surface area contributed by atoms with E-state index in [9.17, 15) is 0 Å². The average Bonchev–Trinajstić information content (AvgIpc) is 2.64. The van der Waals surface area contributed by atoms with Crippen molar-refractivity contribution in [3.63, 3.8) is 0 Å². The summed E-state index contributed by atoms with van der Waals surface area (Å²) in [5.41, 5.74) is 2.57. The number of nitrogens with one attached hydrogen (secondary N) is 1. The van der Waals surface area contributed by atoms with E-state index < -0.39 is 0 Å². The van der Waals surface area contributed by atoms with Crippen molar-refractivity contribution in [2.24, 2.45) is 0 Å². The summed E-state index contributed by atoms with van der Waals surface area (Å²) >= 11 is 0. The quantitative estimate of drug-likeness (QED) is 0.622. The van der Waals surface area contributed by atoms with Crippen LogP contribution in [0, 0.1) is 0 Å². The van der Waals surface area contributed by atoms with Crippen LogP contribution in [0.3, 0.4) is 0 Å². The average molecular weight is 319 g/mol. The van der Waals surface area contributed by atoms with Crippen molar-refractivity contribution in [1.82, 2.24) is 5.32 Å². The fourth-order valence-electron chi connectivity index (χ4n) is 3.20. The van der Waals surface area contributed by atoms with Gasteiger partial charge in [-0.1, -0.05) is 67.6 Å². The van der Waals surface area contributed by atoms with Gasteiger partial charge in [0.25, 0.3) is 0 Å². The molecule has 1 atom stereocenters. The number of fused-ring (bicyclic) bond motifs is 1. The highest BCUT2D eigenvalue weighted by Gasteiger charge is 2.12. The Morgan fingerprint density at radius 1 is 0.875 bits per heavy atom. The number of ether oxygens (including phenoxy) is 1. The molecule has 0 saturated carbocycles. The summed E-state index contributed by atoms with van der Waals surface area (Å²) in [6.45, 7) is 5.73. The minimum atomic E-state index is 0.347. The minimum Gasteiger partial charge on any atom is -0.494 e. The molecule has 0 spiro atoms. The fourth-order valence-corrected chi connectivity index (χ4v) is 3.20. The Morgan fingerprint density at radius 2 is 1.62 bits per heavy atom. The summed E-state index contributed by atoms with van der Waals surface area (Å²) in [6, 6.07) is 23.7. The van der Waals surface area contributed by atoms with Gasteiger partial charge in [-0.05, 0) is 35.7 Å². The number of hydrogen-bond acceptors (Lipinski definition) is 2. The highest BCUT2D eigenvalue weighted by Crippen LogP contribution is 2.29. The second kappa shape index (κ2) is 7.98. The van der Waals surface area contributed by atoms with Crippen molar-refractivity contribution >= 4 is 10.8 Å². The molecule has 0 aromatic heterocycles. The second-order valence-electron chi connectivity index (χ2n) is 5.95. The van der Waals surface area contributed by atoms with Crippen LogP contribution in [0.25, 0.3) is 10.8 Å². The Morgan fingerprint density at radius 3 is 2.38 bits per heavy atom. The van der Waals surface area contributed by atoms with Crippen LogP contribution in [0.2, 0.25) is 0 Å². The maximum absolute atomic E-state index is 5.88. The lowest BCUT2D eigenvalue weighted by Gasteiger charge is -2.20. The van der Waals surface area contributed by atoms with Crippen LogP contribution in [-0.2, 0) is 6.54 Å². The summed E-state index contributed by atoms with van der Waals surface area (Å²) in [7, 11) is 0. The van der Waals surface area contributed by atoms with Crippen LogP contribution < -0.4 is 10.1 Å². The SMILES string of the molecule is CCOc1ccc2ccccc2c1CNC(CC)c1ccccc1. The second-order valence-corrected chi connectivity index (χ2v) is 5.95. The molecule has 3 aromatic rings. The predicted octanol–water partition coefficient (Wildman–Crippen LogP) is 5.48. The topological polar surface area (TPSA) is 21.3 Å². The number of benzene rings is 3. The van der Waals surface area contributed by atoms with Gasteiger partial charge in [0.1, 0.15) is 5.75 Å². The molecule has 1 unspecified atom stereocenters. The Kier molecular flexibility index (Phi) is 5.50. The van der Waals surface area contributed by atoms with Crippen LogP contribution in [0.15, 0.2) is 66.7 Å². The predicted molar refractivity (Wildman–Crippen MR) is 101 cm³/mol. The summed E-state index contributed by atoms with van der Waals surface area (Å²) in [4.78, 5) is 0. The van der Waals surface area contributed by atoms with E-state index in [4.69, 9.17) is 4.74 Å². The Hall–Kier alpha value is -2.32. The lowest BCUT2D eigenvalue weighted by Crippen LogP contribution is -2.20. The van der Waals surface area contributed by atoms with Crippen LogP contribution in [0.1, 0.15) is 37.4 Å². The van der Waals surface area contributed by atoms with E-state index in [1.54, 1.807) is 0 Å². The maximum Gasteiger partial charge on any atom is 0.124 e. The van der Waals surface area contributed by atoms with E-state index in [0.717, 1.165) is 18.7 Å². The first-order valence-electron chi connectivity index (χ1n) is 8.75. The number of rotatable bonds is 7. The zero-order valence-electron chi connectivity index (χ0n) is 14.5. The molecular formula is C22H25NO. The molecule has 0 aliphatic heterocycles. The molecule has 3 rings (SSSR count). The van der Waals surface area contributed by atoms with E-state index in [2.05, 4.69) is 79.0 Å². The largest absolute Gasteiger partial charge is 0.494 e. The van der Waals surface area contributed by atoms with E-state index in [1.165, 1.54) is 21.9 Å². The Labute approximate surface area is 144 Å². The molecule has 3 aromatic carbocycles. The first-order chi connectivity index (χ1) is 11.8. The smallest absolute Gasteiger partial charge is 0.124 e. The van der Waals surface area contributed by atoms with E-state index in [0.29, 0.717) is 12.6 Å². The van der Waals surface area contributed by atoms with Gasteiger partial charge in [-0.25, -0.2) is 0 Å². The molecule has 24 heavy (non-hydrogen) atoms. The van der Waals surface area contributed by atoms with Gasteiger partial charge in [0.2, 0.25) is 0 Å². The lowest BCUT2D eigenvalue weighted by atomic mass is 10.0. The summed E-state index contributed by atoms with van der Waals surface area (Å²) in [5, 5.41) is 6.23. The molecule has 2 nitrogen and oxygen atoms in total. The van der Waals surface area contributed by atoms with Gasteiger partial charge in [0.15, 0.2) is 0 Å². The molecule has 0 saturated heterocycles. The van der Waals surface area contributed by atoms with Gasteiger partial charge in [0.05, 0.1) is 6.61 Å². The van der Waals surface area contributed by atoms with Crippen LogP contribution in [0.4, 0.5) is 0 Å². The molecule has 2 heteroatoms. The summed E-state index contributed by atoms with van der Waals surface area (Å²) in [6.07, 6.45) is 1.05. The molecule has 0 bridgehead atoms. The Bertz CT molecular complexity index is 782.